The van der Waals surface area contributed by atoms with Gasteiger partial charge < -0.3 is 22.0 Å². The van der Waals surface area contributed by atoms with Crippen LogP contribution in [0, 0.1) is 5.92 Å². The van der Waals surface area contributed by atoms with Crippen molar-refractivity contribution in [1.29, 1.82) is 0 Å². The molecule has 8 N–H and O–H groups in total. The van der Waals surface area contributed by atoms with E-state index in [1.807, 2.05) is 12.1 Å². The monoisotopic (exact) mass is 370 g/mol. The molecule has 1 saturated carbocycles. The molecule has 0 heterocycles. The summed E-state index contributed by atoms with van der Waals surface area (Å²) in [6, 6.07) is 13.1. The van der Waals surface area contributed by atoms with E-state index >= 15 is 0 Å². The van der Waals surface area contributed by atoms with Crippen LogP contribution in [0.3, 0.4) is 0 Å². The SMILES string of the molecule is CCC1CCC(c2ccc(C(=O)Nc3ccc(N)cc3N)cc2)CC1.NO. The minimum Gasteiger partial charge on any atom is -0.399 e. The van der Waals surface area contributed by atoms with E-state index in [9.17, 15) is 4.79 Å². The molecule has 6 nitrogen and oxygen atoms in total. The number of benzene rings is 2. The number of anilines is 3. The first kappa shape index (κ1) is 20.7. The van der Waals surface area contributed by atoms with Gasteiger partial charge in [0.15, 0.2) is 0 Å². The van der Waals surface area contributed by atoms with E-state index in [0.717, 1.165) is 5.92 Å². The summed E-state index contributed by atoms with van der Waals surface area (Å²) in [4.78, 5) is 12.4. The molecule has 0 spiro atoms. The fourth-order valence-corrected chi connectivity index (χ4v) is 3.70. The standard InChI is InChI=1S/C21H27N3O.H3NO/c1-2-14-3-5-15(6-4-14)16-7-9-17(10-8-16)21(25)24-20-12-11-18(22)13-19(20)23;1-2/h7-15H,2-6,22-23H2,1H3,(H,24,25);2H,1H2. The first-order valence-electron chi connectivity index (χ1n) is 9.39. The topological polar surface area (TPSA) is 127 Å². The molecule has 0 bridgehead atoms. The molecule has 6 heteroatoms. The van der Waals surface area contributed by atoms with Gasteiger partial charge in [-0.1, -0.05) is 25.5 Å². The van der Waals surface area contributed by atoms with Gasteiger partial charge in [-0.3, -0.25) is 4.79 Å². The molecule has 0 aromatic heterocycles. The Morgan fingerprint density at radius 1 is 1.04 bits per heavy atom. The number of nitrogens with one attached hydrogen (secondary N) is 1. The van der Waals surface area contributed by atoms with Gasteiger partial charge in [-0.15, -0.1) is 0 Å². The molecule has 1 amide bonds. The number of nitrogens with two attached hydrogens (primary N) is 3. The van der Waals surface area contributed by atoms with Crippen molar-refractivity contribution in [2.24, 2.45) is 11.8 Å². The van der Waals surface area contributed by atoms with Crippen LogP contribution >= 0.6 is 0 Å². The predicted octanol–water partition coefficient (Wildman–Crippen LogP) is 4.12. The van der Waals surface area contributed by atoms with Gasteiger partial charge in [-0.2, -0.15) is 0 Å². The molecule has 1 aliphatic carbocycles. The van der Waals surface area contributed by atoms with Crippen LogP contribution in [0.15, 0.2) is 42.5 Å². The van der Waals surface area contributed by atoms with Crippen molar-refractivity contribution in [2.45, 2.75) is 44.9 Å². The van der Waals surface area contributed by atoms with Crippen LogP contribution in [0.2, 0.25) is 0 Å². The molecule has 146 valence electrons. The lowest BCUT2D eigenvalue weighted by Crippen LogP contribution is -2.14. The van der Waals surface area contributed by atoms with Crippen molar-refractivity contribution in [3.8, 4) is 0 Å². The van der Waals surface area contributed by atoms with Crippen LogP contribution in [-0.2, 0) is 0 Å². The zero-order valence-electron chi connectivity index (χ0n) is 15.8. The second-order valence-corrected chi connectivity index (χ2v) is 7.05. The lowest BCUT2D eigenvalue weighted by atomic mass is 9.78. The molecule has 0 atom stereocenters. The molecule has 0 unspecified atom stereocenters. The van der Waals surface area contributed by atoms with E-state index in [-0.39, 0.29) is 5.91 Å². The van der Waals surface area contributed by atoms with Crippen molar-refractivity contribution in [3.63, 3.8) is 0 Å². The summed E-state index contributed by atoms with van der Waals surface area (Å²) in [6.07, 6.45) is 6.44. The van der Waals surface area contributed by atoms with Crippen LogP contribution in [0.1, 0.15) is 60.9 Å². The highest BCUT2D eigenvalue weighted by Crippen LogP contribution is 2.37. The molecule has 0 radical (unpaired) electrons. The maximum absolute atomic E-state index is 12.4. The number of nitrogen functional groups attached to an aromatic ring is 2. The number of rotatable bonds is 4. The maximum Gasteiger partial charge on any atom is 0.255 e. The lowest BCUT2D eigenvalue weighted by Gasteiger charge is -2.28. The number of hydrogen-bond acceptors (Lipinski definition) is 5. The Kier molecular flexibility index (Phi) is 7.64. The van der Waals surface area contributed by atoms with Crippen LogP contribution in [0.4, 0.5) is 17.1 Å². The molecule has 0 saturated heterocycles. The molecular formula is C21H30N4O2. The van der Waals surface area contributed by atoms with E-state index in [4.69, 9.17) is 16.7 Å². The summed E-state index contributed by atoms with van der Waals surface area (Å²) in [5.74, 6) is 4.87. The Morgan fingerprint density at radius 2 is 1.67 bits per heavy atom. The smallest absolute Gasteiger partial charge is 0.255 e. The third kappa shape index (κ3) is 5.45. The van der Waals surface area contributed by atoms with E-state index in [1.165, 1.54) is 37.7 Å². The molecule has 2 aromatic carbocycles. The Balaban J connectivity index is 0.00000126. The Morgan fingerprint density at radius 3 is 2.22 bits per heavy atom. The first-order valence-corrected chi connectivity index (χ1v) is 9.39. The summed E-state index contributed by atoms with van der Waals surface area (Å²) in [6.45, 7) is 2.28. The quantitative estimate of drug-likeness (QED) is 0.408. The van der Waals surface area contributed by atoms with Crippen LogP contribution < -0.4 is 22.7 Å². The zero-order valence-corrected chi connectivity index (χ0v) is 15.8. The third-order valence-corrected chi connectivity index (χ3v) is 5.39. The number of hydrogen-bond donors (Lipinski definition) is 5. The summed E-state index contributed by atoms with van der Waals surface area (Å²) in [5.41, 5.74) is 15.2. The molecule has 1 aliphatic rings. The molecule has 3 rings (SSSR count). The third-order valence-electron chi connectivity index (χ3n) is 5.39. The van der Waals surface area contributed by atoms with E-state index in [0.29, 0.717) is 28.5 Å². The van der Waals surface area contributed by atoms with E-state index < -0.39 is 0 Å². The largest absolute Gasteiger partial charge is 0.399 e. The second-order valence-electron chi connectivity index (χ2n) is 7.05. The average molecular weight is 370 g/mol. The number of carbonyl (C=O) groups is 1. The van der Waals surface area contributed by atoms with Crippen molar-refractivity contribution in [1.82, 2.24) is 0 Å². The van der Waals surface area contributed by atoms with E-state index in [1.54, 1.807) is 18.2 Å². The first-order chi connectivity index (χ1) is 13.1. The molecule has 27 heavy (non-hydrogen) atoms. The van der Waals surface area contributed by atoms with Gasteiger partial charge in [0, 0.05) is 11.3 Å². The normalized spacial score (nSPS) is 18.9. The summed E-state index contributed by atoms with van der Waals surface area (Å²) in [7, 11) is 0. The number of carbonyl (C=O) groups excluding carboxylic acids is 1. The minimum absolute atomic E-state index is 0.155. The van der Waals surface area contributed by atoms with Crippen molar-refractivity contribution < 1.29 is 10.0 Å². The summed E-state index contributed by atoms with van der Waals surface area (Å²) < 4.78 is 0. The summed E-state index contributed by atoms with van der Waals surface area (Å²) in [5, 5.41) is 9.35. The van der Waals surface area contributed by atoms with Gasteiger partial charge >= 0.3 is 0 Å². The van der Waals surface area contributed by atoms with Gasteiger partial charge in [0.2, 0.25) is 0 Å². The number of amides is 1. The van der Waals surface area contributed by atoms with Crippen LogP contribution in [0.5, 0.6) is 0 Å². The van der Waals surface area contributed by atoms with Crippen molar-refractivity contribution in [2.75, 3.05) is 16.8 Å². The molecule has 2 aromatic rings. The second kappa shape index (κ2) is 9.94. The van der Waals surface area contributed by atoms with Crippen LogP contribution in [-0.4, -0.2) is 11.1 Å². The fourth-order valence-electron chi connectivity index (χ4n) is 3.70. The molecule has 0 aliphatic heterocycles. The van der Waals surface area contributed by atoms with Crippen molar-refractivity contribution in [3.05, 3.63) is 53.6 Å². The van der Waals surface area contributed by atoms with E-state index in [2.05, 4.69) is 30.3 Å². The Hall–Kier alpha value is -2.57. The predicted molar refractivity (Wildman–Crippen MR) is 111 cm³/mol. The van der Waals surface area contributed by atoms with Crippen molar-refractivity contribution >= 4 is 23.0 Å². The molecular weight excluding hydrogens is 340 g/mol. The van der Waals surface area contributed by atoms with Gasteiger partial charge in [-0.05, 0) is 73.4 Å². The highest BCUT2D eigenvalue weighted by atomic mass is 16.4. The fraction of sp³-hybridized carbons (Fsp3) is 0.381. The summed E-state index contributed by atoms with van der Waals surface area (Å²) >= 11 is 0. The Bertz CT molecular complexity index is 738. The highest BCUT2D eigenvalue weighted by Gasteiger charge is 2.21. The minimum atomic E-state index is -0.155. The van der Waals surface area contributed by atoms with Gasteiger partial charge in [0.25, 0.3) is 5.91 Å². The molecule has 1 fully saturated rings. The van der Waals surface area contributed by atoms with Gasteiger partial charge in [-0.25, -0.2) is 5.90 Å². The zero-order chi connectivity index (χ0) is 19.8. The van der Waals surface area contributed by atoms with Gasteiger partial charge in [0.1, 0.15) is 0 Å². The maximum atomic E-state index is 12.4. The van der Waals surface area contributed by atoms with Gasteiger partial charge in [0.05, 0.1) is 11.4 Å². The highest BCUT2D eigenvalue weighted by molar-refractivity contribution is 6.05. The Labute approximate surface area is 160 Å². The lowest BCUT2D eigenvalue weighted by molar-refractivity contribution is 0.102. The average Bonchev–Trinajstić information content (AvgIpc) is 2.72. The van der Waals surface area contributed by atoms with Crippen LogP contribution in [0.25, 0.3) is 0 Å².